The van der Waals surface area contributed by atoms with Crippen molar-refractivity contribution >= 4 is 28.3 Å². The average Bonchev–Trinajstić information content (AvgIpc) is 2.53. The Bertz CT molecular complexity index is 990. The van der Waals surface area contributed by atoms with Gasteiger partial charge in [0.05, 0.1) is 5.52 Å². The van der Waals surface area contributed by atoms with Crippen molar-refractivity contribution in [3.63, 3.8) is 0 Å². The fourth-order valence-electron chi connectivity index (χ4n) is 2.58. The number of rotatable bonds is 2. The lowest BCUT2D eigenvalue weighted by molar-refractivity contribution is -0.344. The standard InChI is InChI=1S/C17H16N4O2/c1-10(19-14-9-5-8-13(18)20-14)15-16(22)11-6-3-4-7-12(11)21(2)17(15)23/h3-9,22H,1-2H3,(H2,18,20)/p+1. The minimum atomic E-state index is -0.300. The van der Waals surface area contributed by atoms with E-state index in [1.54, 1.807) is 44.3 Å². The van der Waals surface area contributed by atoms with Gasteiger partial charge < -0.3 is 15.4 Å². The molecule has 2 aromatic heterocycles. The molecule has 0 fully saturated rings. The predicted molar refractivity (Wildman–Crippen MR) is 90.1 cm³/mol. The highest BCUT2D eigenvalue weighted by molar-refractivity contribution is 6.06. The minimum Gasteiger partial charge on any atom is -0.506 e. The molecule has 0 saturated carbocycles. The maximum Gasteiger partial charge on any atom is 0.265 e. The first-order valence-corrected chi connectivity index (χ1v) is 7.13. The van der Waals surface area contributed by atoms with Gasteiger partial charge in [0.2, 0.25) is 5.82 Å². The summed E-state index contributed by atoms with van der Waals surface area (Å²) < 4.78 is 1.51. The van der Waals surface area contributed by atoms with Crippen LogP contribution in [0.5, 0.6) is 5.75 Å². The zero-order valence-corrected chi connectivity index (χ0v) is 12.9. The van der Waals surface area contributed by atoms with E-state index in [9.17, 15) is 9.90 Å². The summed E-state index contributed by atoms with van der Waals surface area (Å²) in [5.41, 5.74) is 6.66. The van der Waals surface area contributed by atoms with Crippen molar-refractivity contribution in [1.82, 2.24) is 4.57 Å². The molecule has 0 unspecified atom stereocenters. The van der Waals surface area contributed by atoms with Crippen LogP contribution in [0.3, 0.4) is 0 Å². The number of para-hydroxylation sites is 1. The van der Waals surface area contributed by atoms with E-state index in [1.807, 2.05) is 12.1 Å². The summed E-state index contributed by atoms with van der Waals surface area (Å²) in [6.07, 6.45) is 0. The maximum atomic E-state index is 12.6. The van der Waals surface area contributed by atoms with Crippen LogP contribution in [0.15, 0.2) is 52.3 Å². The van der Waals surface area contributed by atoms with E-state index in [4.69, 9.17) is 5.73 Å². The molecular formula is C17H17N4O2+. The zero-order chi connectivity index (χ0) is 16.6. The van der Waals surface area contributed by atoms with Crippen LogP contribution in [0.25, 0.3) is 10.9 Å². The Morgan fingerprint density at radius 2 is 1.96 bits per heavy atom. The first-order valence-electron chi connectivity index (χ1n) is 7.13. The fourth-order valence-corrected chi connectivity index (χ4v) is 2.58. The molecule has 0 amide bonds. The van der Waals surface area contributed by atoms with E-state index in [1.165, 1.54) is 4.57 Å². The normalized spacial score (nSPS) is 11.8. The van der Waals surface area contributed by atoms with Gasteiger partial charge in [-0.2, -0.15) is 0 Å². The summed E-state index contributed by atoms with van der Waals surface area (Å²) in [6, 6.07) is 12.4. The quantitative estimate of drug-likeness (QED) is 0.706. The highest BCUT2D eigenvalue weighted by Crippen LogP contribution is 2.26. The summed E-state index contributed by atoms with van der Waals surface area (Å²) >= 11 is 0. The van der Waals surface area contributed by atoms with Crippen LogP contribution in [0.1, 0.15) is 12.5 Å². The number of H-pyrrole nitrogens is 1. The van der Waals surface area contributed by atoms with Crippen LogP contribution in [0, 0.1) is 0 Å². The third-order valence-electron chi connectivity index (χ3n) is 3.73. The molecule has 3 rings (SSSR count). The first kappa shape index (κ1) is 14.8. The van der Waals surface area contributed by atoms with E-state index >= 15 is 0 Å². The molecule has 1 aromatic carbocycles. The van der Waals surface area contributed by atoms with Crippen LogP contribution in [0.2, 0.25) is 0 Å². The number of pyridine rings is 2. The van der Waals surface area contributed by atoms with E-state index in [2.05, 4.69) is 9.98 Å². The van der Waals surface area contributed by atoms with E-state index in [-0.39, 0.29) is 16.9 Å². The molecule has 0 saturated heterocycles. The topological polar surface area (TPSA) is 94.8 Å². The number of aliphatic imine (C=N–C) groups is 1. The van der Waals surface area contributed by atoms with E-state index in [0.29, 0.717) is 28.3 Å². The number of aromatic nitrogens is 2. The molecule has 0 spiro atoms. The van der Waals surface area contributed by atoms with Gasteiger partial charge in [-0.25, -0.2) is 4.98 Å². The third-order valence-corrected chi connectivity index (χ3v) is 3.73. The molecule has 0 atom stereocenters. The molecule has 0 aliphatic carbocycles. The van der Waals surface area contributed by atoms with Crippen molar-refractivity contribution < 1.29 is 10.1 Å². The Morgan fingerprint density at radius 1 is 1.22 bits per heavy atom. The number of aryl methyl sites for hydroxylation is 1. The highest BCUT2D eigenvalue weighted by atomic mass is 16.3. The smallest absolute Gasteiger partial charge is 0.265 e. The van der Waals surface area contributed by atoms with Crippen molar-refractivity contribution in [3.8, 4) is 5.75 Å². The van der Waals surface area contributed by atoms with Crippen LogP contribution in [0.4, 0.5) is 11.6 Å². The summed E-state index contributed by atoms with van der Waals surface area (Å²) in [7, 11) is 1.67. The number of nitrogens with zero attached hydrogens (tertiary/aromatic N) is 2. The number of nitrogens with two attached hydrogens (primary N) is 1. The molecule has 0 aliphatic heterocycles. The van der Waals surface area contributed by atoms with Crippen molar-refractivity contribution in [3.05, 3.63) is 58.4 Å². The summed E-state index contributed by atoms with van der Waals surface area (Å²) in [4.78, 5) is 19.9. The lowest BCUT2D eigenvalue weighted by Gasteiger charge is -2.10. The van der Waals surface area contributed by atoms with E-state index in [0.717, 1.165) is 0 Å². The van der Waals surface area contributed by atoms with Gasteiger partial charge in [-0.05, 0) is 25.1 Å². The first-order chi connectivity index (χ1) is 11.0. The fraction of sp³-hybridized carbons (Fsp3) is 0.118. The van der Waals surface area contributed by atoms with Crippen molar-refractivity contribution in [2.24, 2.45) is 12.0 Å². The van der Waals surface area contributed by atoms with Gasteiger partial charge in [0.15, 0.2) is 0 Å². The second-order valence-corrected chi connectivity index (χ2v) is 5.29. The lowest BCUT2D eigenvalue weighted by atomic mass is 10.1. The molecular weight excluding hydrogens is 292 g/mol. The number of nitrogens with one attached hydrogen (secondary N) is 1. The second kappa shape index (κ2) is 5.57. The molecule has 0 radical (unpaired) electrons. The molecule has 2 heterocycles. The van der Waals surface area contributed by atoms with Gasteiger partial charge in [0.1, 0.15) is 17.0 Å². The van der Waals surface area contributed by atoms with Gasteiger partial charge >= 0.3 is 0 Å². The van der Waals surface area contributed by atoms with Crippen molar-refractivity contribution in [1.29, 1.82) is 0 Å². The third kappa shape index (κ3) is 2.55. The Balaban J connectivity index is 2.26. The van der Waals surface area contributed by atoms with Crippen LogP contribution in [-0.2, 0) is 7.05 Å². The number of anilines is 1. The minimum absolute atomic E-state index is 0.0612. The number of hydrogen-bond acceptors (Lipinski definition) is 4. The summed E-state index contributed by atoms with van der Waals surface area (Å²) in [5, 5.41) is 11.1. The van der Waals surface area contributed by atoms with Crippen LogP contribution >= 0.6 is 0 Å². The van der Waals surface area contributed by atoms with Crippen molar-refractivity contribution in [2.75, 3.05) is 5.73 Å². The van der Waals surface area contributed by atoms with Gasteiger partial charge in [-0.15, -0.1) is 4.99 Å². The number of aromatic amines is 1. The number of aromatic hydroxyl groups is 1. The lowest BCUT2D eigenvalue weighted by Crippen LogP contribution is -2.24. The zero-order valence-electron chi connectivity index (χ0n) is 12.9. The molecule has 0 bridgehead atoms. The largest absolute Gasteiger partial charge is 0.506 e. The molecule has 23 heavy (non-hydrogen) atoms. The molecule has 6 heteroatoms. The number of fused-ring (bicyclic) bond motifs is 1. The summed E-state index contributed by atoms with van der Waals surface area (Å²) in [6.45, 7) is 1.68. The Morgan fingerprint density at radius 3 is 2.70 bits per heavy atom. The van der Waals surface area contributed by atoms with Crippen LogP contribution < -0.4 is 16.3 Å². The number of nitrogen functional groups attached to an aromatic ring is 1. The second-order valence-electron chi connectivity index (χ2n) is 5.29. The molecule has 4 N–H and O–H groups in total. The van der Waals surface area contributed by atoms with Gasteiger partial charge in [-0.3, -0.25) is 4.79 Å². The monoisotopic (exact) mass is 309 g/mol. The van der Waals surface area contributed by atoms with E-state index < -0.39 is 0 Å². The Hall–Kier alpha value is -3.15. The Labute approximate surface area is 132 Å². The molecule has 3 aromatic rings. The van der Waals surface area contributed by atoms with Gasteiger partial charge in [-0.1, -0.05) is 12.1 Å². The molecule has 0 aliphatic rings. The Kier molecular flexibility index (Phi) is 3.57. The highest BCUT2D eigenvalue weighted by Gasteiger charge is 2.18. The average molecular weight is 309 g/mol. The number of hydrogen-bond donors (Lipinski definition) is 2. The van der Waals surface area contributed by atoms with Crippen LogP contribution in [-0.4, -0.2) is 15.4 Å². The molecule has 116 valence electrons. The van der Waals surface area contributed by atoms with Gasteiger partial charge in [0, 0.05) is 24.6 Å². The van der Waals surface area contributed by atoms with Crippen molar-refractivity contribution in [2.45, 2.75) is 6.92 Å². The molecule has 6 nitrogen and oxygen atoms in total. The van der Waals surface area contributed by atoms with Gasteiger partial charge in [0.25, 0.3) is 11.4 Å². The maximum absolute atomic E-state index is 12.6. The number of benzene rings is 1. The predicted octanol–water partition coefficient (Wildman–Crippen LogP) is 1.78. The SMILES string of the molecule is CC(=Nc1cccc(N)[nH+]1)c1c(O)c2ccccc2n(C)c1=O. The summed E-state index contributed by atoms with van der Waals surface area (Å²) in [5.74, 6) is 0.917.